The second kappa shape index (κ2) is 8.61. The largest absolute Gasteiger partial charge is 0.444 e. The summed E-state index contributed by atoms with van der Waals surface area (Å²) in [5, 5.41) is 7.53. The van der Waals surface area contributed by atoms with E-state index in [1.807, 2.05) is 20.8 Å². The van der Waals surface area contributed by atoms with Crippen molar-refractivity contribution >= 4 is 17.9 Å². The number of alkyl carbamates (subject to hydrolysis) is 1. The molecule has 0 radical (unpaired) electrons. The Balaban J connectivity index is 1.88. The monoisotopic (exact) mass is 342 g/mol. The van der Waals surface area contributed by atoms with Crippen LogP contribution < -0.4 is 10.6 Å². The first-order valence-electron chi connectivity index (χ1n) is 9.19. The van der Waals surface area contributed by atoms with Crippen molar-refractivity contribution in [1.82, 2.24) is 10.6 Å². The number of hydrogen-bond donors (Lipinski definition) is 2. The molecule has 3 atom stereocenters. The van der Waals surface area contributed by atoms with Gasteiger partial charge in [0.05, 0.1) is 0 Å². The number of ether oxygens (including phenoxy) is 1. The van der Waals surface area contributed by atoms with Crippen molar-refractivity contribution in [2.75, 3.05) is 12.3 Å². The molecule has 0 bridgehead atoms. The fourth-order valence-electron chi connectivity index (χ4n) is 3.63. The molecule has 1 saturated heterocycles. The lowest BCUT2D eigenvalue weighted by molar-refractivity contribution is 0.0514. The number of hydrogen-bond acceptors (Lipinski definition) is 4. The fraction of sp³-hybridized carbons (Fsp3) is 0.944. The molecule has 1 amide bonds. The van der Waals surface area contributed by atoms with Gasteiger partial charge in [-0.2, -0.15) is 11.8 Å². The number of carbonyl (C=O) groups excluding carboxylic acids is 1. The van der Waals surface area contributed by atoms with Crippen LogP contribution in [0.25, 0.3) is 0 Å². The standard InChI is InChI=1S/C18H34N2O2S/c1-13-15(10-11-23-13)20-16(14-8-6-5-7-9-14)12-19-17(21)22-18(2,3)4/h13-16,20H,5-12H2,1-4H3,(H,19,21). The third-order valence-corrected chi connectivity index (χ3v) is 6.21. The van der Waals surface area contributed by atoms with Gasteiger partial charge in [0.1, 0.15) is 5.60 Å². The number of rotatable bonds is 5. The zero-order valence-electron chi connectivity index (χ0n) is 15.2. The van der Waals surface area contributed by atoms with Gasteiger partial charge >= 0.3 is 6.09 Å². The molecule has 0 aromatic heterocycles. The average Bonchev–Trinajstić information content (AvgIpc) is 2.88. The summed E-state index contributed by atoms with van der Waals surface area (Å²) in [5.41, 5.74) is -0.436. The van der Waals surface area contributed by atoms with Crippen molar-refractivity contribution in [2.24, 2.45) is 5.92 Å². The number of nitrogens with one attached hydrogen (secondary N) is 2. The lowest BCUT2D eigenvalue weighted by Crippen LogP contribution is -2.51. The zero-order valence-corrected chi connectivity index (χ0v) is 16.0. The number of carbonyl (C=O) groups is 1. The Hall–Kier alpha value is -0.420. The fourth-order valence-corrected chi connectivity index (χ4v) is 4.84. The SMILES string of the molecule is CC1SCCC1NC(CNC(=O)OC(C)(C)C)C1CCCCC1. The molecule has 2 rings (SSSR count). The van der Waals surface area contributed by atoms with Crippen LogP contribution >= 0.6 is 11.8 Å². The summed E-state index contributed by atoms with van der Waals surface area (Å²) in [5.74, 6) is 1.92. The van der Waals surface area contributed by atoms with E-state index in [2.05, 4.69) is 29.3 Å². The van der Waals surface area contributed by atoms with Gasteiger partial charge in [-0.15, -0.1) is 0 Å². The van der Waals surface area contributed by atoms with Crippen LogP contribution in [0.1, 0.15) is 66.2 Å². The summed E-state index contributed by atoms with van der Waals surface area (Å²) in [6.07, 6.45) is 7.51. The maximum atomic E-state index is 12.0. The van der Waals surface area contributed by atoms with E-state index in [0.717, 1.165) is 0 Å². The summed E-state index contributed by atoms with van der Waals surface area (Å²) in [6, 6.07) is 0.946. The highest BCUT2D eigenvalue weighted by Gasteiger charge is 2.31. The quantitative estimate of drug-likeness (QED) is 0.794. The van der Waals surface area contributed by atoms with E-state index in [-0.39, 0.29) is 6.09 Å². The molecule has 0 aromatic rings. The Morgan fingerprint density at radius 1 is 1.22 bits per heavy atom. The van der Waals surface area contributed by atoms with Crippen LogP contribution in [-0.4, -0.2) is 41.3 Å². The van der Waals surface area contributed by atoms with Gasteiger partial charge < -0.3 is 15.4 Å². The summed E-state index contributed by atoms with van der Waals surface area (Å²) in [4.78, 5) is 12.0. The molecular weight excluding hydrogens is 308 g/mol. The normalized spacial score (nSPS) is 27.7. The molecule has 0 spiro atoms. The first-order chi connectivity index (χ1) is 10.8. The van der Waals surface area contributed by atoms with Crippen LogP contribution in [-0.2, 0) is 4.74 Å². The topological polar surface area (TPSA) is 50.4 Å². The highest BCUT2D eigenvalue weighted by Crippen LogP contribution is 2.30. The summed E-state index contributed by atoms with van der Waals surface area (Å²) < 4.78 is 5.38. The van der Waals surface area contributed by atoms with Crippen LogP contribution in [0.5, 0.6) is 0 Å². The second-order valence-corrected chi connectivity index (χ2v) is 9.51. The van der Waals surface area contributed by atoms with Crippen molar-refractivity contribution in [2.45, 2.75) is 89.2 Å². The molecule has 3 unspecified atom stereocenters. The molecular formula is C18H34N2O2S. The average molecular weight is 343 g/mol. The van der Waals surface area contributed by atoms with Crippen molar-refractivity contribution in [1.29, 1.82) is 0 Å². The first-order valence-corrected chi connectivity index (χ1v) is 10.2. The molecule has 1 aliphatic carbocycles. The van der Waals surface area contributed by atoms with Crippen LogP contribution in [0.4, 0.5) is 4.79 Å². The molecule has 5 heteroatoms. The molecule has 2 fully saturated rings. The Bertz CT molecular complexity index is 378. The van der Waals surface area contributed by atoms with E-state index in [9.17, 15) is 4.79 Å². The first kappa shape index (κ1) is 18.9. The molecule has 2 N–H and O–H groups in total. The molecule has 23 heavy (non-hydrogen) atoms. The molecule has 4 nitrogen and oxygen atoms in total. The maximum Gasteiger partial charge on any atom is 0.407 e. The van der Waals surface area contributed by atoms with Gasteiger partial charge in [0.25, 0.3) is 0 Å². The summed E-state index contributed by atoms with van der Waals surface area (Å²) >= 11 is 2.05. The molecule has 1 saturated carbocycles. The maximum absolute atomic E-state index is 12.0. The predicted molar refractivity (Wildman–Crippen MR) is 98.1 cm³/mol. The second-order valence-electron chi connectivity index (χ2n) is 8.03. The van der Waals surface area contributed by atoms with Crippen molar-refractivity contribution in [3.8, 4) is 0 Å². The lowest BCUT2D eigenvalue weighted by atomic mass is 9.83. The minimum absolute atomic E-state index is 0.297. The summed E-state index contributed by atoms with van der Waals surface area (Å²) in [6.45, 7) is 8.70. The van der Waals surface area contributed by atoms with Crippen LogP contribution in [0, 0.1) is 5.92 Å². The van der Waals surface area contributed by atoms with Gasteiger partial charge in [-0.1, -0.05) is 26.2 Å². The molecule has 2 aliphatic rings. The highest BCUT2D eigenvalue weighted by atomic mass is 32.2. The molecule has 1 aliphatic heterocycles. The predicted octanol–water partition coefficient (Wildman–Crippen LogP) is 3.94. The Kier molecular flexibility index (Phi) is 7.08. The van der Waals surface area contributed by atoms with Crippen molar-refractivity contribution in [3.05, 3.63) is 0 Å². The number of amides is 1. The smallest absolute Gasteiger partial charge is 0.407 e. The lowest BCUT2D eigenvalue weighted by Gasteiger charge is -2.34. The third kappa shape index (κ3) is 6.54. The van der Waals surface area contributed by atoms with Gasteiger partial charge in [0.15, 0.2) is 0 Å². The van der Waals surface area contributed by atoms with E-state index in [0.29, 0.717) is 29.8 Å². The van der Waals surface area contributed by atoms with E-state index in [1.54, 1.807) is 0 Å². The Labute approximate surface area is 145 Å². The van der Waals surface area contributed by atoms with E-state index >= 15 is 0 Å². The van der Waals surface area contributed by atoms with E-state index < -0.39 is 5.60 Å². The molecule has 1 heterocycles. The minimum Gasteiger partial charge on any atom is -0.444 e. The van der Waals surface area contributed by atoms with Crippen LogP contribution in [0.2, 0.25) is 0 Å². The van der Waals surface area contributed by atoms with Crippen molar-refractivity contribution in [3.63, 3.8) is 0 Å². The Morgan fingerprint density at radius 3 is 2.48 bits per heavy atom. The zero-order chi connectivity index (χ0) is 16.9. The summed E-state index contributed by atoms with van der Waals surface area (Å²) in [7, 11) is 0. The molecule has 134 valence electrons. The van der Waals surface area contributed by atoms with E-state index in [4.69, 9.17) is 4.74 Å². The van der Waals surface area contributed by atoms with Crippen LogP contribution in [0.15, 0.2) is 0 Å². The van der Waals surface area contributed by atoms with E-state index in [1.165, 1.54) is 44.3 Å². The van der Waals surface area contributed by atoms with Gasteiger partial charge in [-0.3, -0.25) is 0 Å². The number of thioether (sulfide) groups is 1. The van der Waals surface area contributed by atoms with Gasteiger partial charge in [-0.05, 0) is 51.7 Å². The van der Waals surface area contributed by atoms with Crippen LogP contribution in [0.3, 0.4) is 0 Å². The van der Waals surface area contributed by atoms with Crippen molar-refractivity contribution < 1.29 is 9.53 Å². The Morgan fingerprint density at radius 2 is 1.91 bits per heavy atom. The highest BCUT2D eigenvalue weighted by molar-refractivity contribution is 8.00. The van der Waals surface area contributed by atoms with Gasteiger partial charge in [0, 0.05) is 23.9 Å². The van der Waals surface area contributed by atoms with Gasteiger partial charge in [0.2, 0.25) is 0 Å². The third-order valence-electron chi connectivity index (χ3n) is 4.89. The molecule has 0 aromatic carbocycles. The van der Waals surface area contributed by atoms with Gasteiger partial charge in [-0.25, -0.2) is 4.79 Å². The minimum atomic E-state index is -0.436.